The third-order valence-corrected chi connectivity index (χ3v) is 4.13. The maximum Gasteiger partial charge on any atom is 0.279 e. The van der Waals surface area contributed by atoms with Gasteiger partial charge in [0.05, 0.1) is 13.1 Å². The van der Waals surface area contributed by atoms with Gasteiger partial charge < -0.3 is 20.1 Å². The minimum Gasteiger partial charge on any atom is -0.550 e. The van der Waals surface area contributed by atoms with Crippen molar-refractivity contribution < 1.29 is 19.6 Å². The number of hydrogen-bond acceptors (Lipinski definition) is 3. The molecule has 0 aromatic heterocycles. The number of piperidine rings is 1. The molecule has 0 radical (unpaired) electrons. The van der Waals surface area contributed by atoms with Crippen molar-refractivity contribution in [1.29, 1.82) is 0 Å². The van der Waals surface area contributed by atoms with Gasteiger partial charge in [-0.15, -0.1) is 0 Å². The molecule has 0 saturated carbocycles. The number of amides is 1. The standard InChI is InChI=1S/C15H19ClN2O3/c1-10-8-12(16)2-3-13(10)17-14(19)9-18-6-4-11(5-7-18)15(20)21/h2-3,8,11H,4-7,9H2,1H3,(H,17,19)(H,20,21). The maximum atomic E-state index is 12.0. The van der Waals surface area contributed by atoms with Gasteiger partial charge in [-0.25, -0.2) is 0 Å². The van der Waals surface area contributed by atoms with Gasteiger partial charge in [0.1, 0.15) is 0 Å². The van der Waals surface area contributed by atoms with Crippen LogP contribution in [0.15, 0.2) is 18.2 Å². The number of carbonyl (C=O) groups is 2. The smallest absolute Gasteiger partial charge is 0.279 e. The van der Waals surface area contributed by atoms with E-state index in [1.165, 1.54) is 0 Å². The van der Waals surface area contributed by atoms with Crippen LogP contribution in [-0.2, 0) is 9.59 Å². The number of carboxylic acid groups (broad SMARTS) is 1. The normalized spacial score (nSPS) is 21.8. The fraction of sp³-hybridized carbons (Fsp3) is 0.467. The fourth-order valence-corrected chi connectivity index (χ4v) is 2.85. The summed E-state index contributed by atoms with van der Waals surface area (Å²) < 4.78 is 0. The highest BCUT2D eigenvalue weighted by molar-refractivity contribution is 6.30. The summed E-state index contributed by atoms with van der Waals surface area (Å²) in [5.41, 5.74) is 1.68. The van der Waals surface area contributed by atoms with E-state index in [0.29, 0.717) is 37.5 Å². The minimum atomic E-state index is -0.977. The molecule has 1 heterocycles. The molecule has 1 aliphatic rings. The van der Waals surface area contributed by atoms with Crippen LogP contribution in [0.4, 0.5) is 5.69 Å². The molecule has 0 unspecified atom stereocenters. The van der Waals surface area contributed by atoms with Crippen molar-refractivity contribution in [1.82, 2.24) is 0 Å². The monoisotopic (exact) mass is 310 g/mol. The molecule has 0 bridgehead atoms. The van der Waals surface area contributed by atoms with Gasteiger partial charge in [0.2, 0.25) is 0 Å². The summed E-state index contributed by atoms with van der Waals surface area (Å²) in [6.07, 6.45) is 1.15. The van der Waals surface area contributed by atoms with E-state index < -0.39 is 5.97 Å². The number of carboxylic acids is 1. The van der Waals surface area contributed by atoms with E-state index in [0.717, 1.165) is 16.2 Å². The highest BCUT2D eigenvalue weighted by atomic mass is 35.5. The first-order valence-corrected chi connectivity index (χ1v) is 7.44. The Balaban J connectivity index is 1.84. The first-order chi connectivity index (χ1) is 9.95. The van der Waals surface area contributed by atoms with Crippen molar-refractivity contribution in [3.63, 3.8) is 0 Å². The van der Waals surface area contributed by atoms with Crippen LogP contribution in [0.25, 0.3) is 0 Å². The van der Waals surface area contributed by atoms with E-state index in [1.807, 2.05) is 6.92 Å². The van der Waals surface area contributed by atoms with E-state index in [-0.39, 0.29) is 11.8 Å². The predicted molar refractivity (Wildman–Crippen MR) is 78.1 cm³/mol. The number of hydrogen-bond donors (Lipinski definition) is 2. The molecule has 2 rings (SSSR count). The molecule has 6 heteroatoms. The first-order valence-electron chi connectivity index (χ1n) is 7.06. The lowest BCUT2D eigenvalue weighted by Crippen LogP contribution is -3.14. The number of quaternary nitrogens is 1. The predicted octanol–water partition coefficient (Wildman–Crippen LogP) is -0.368. The average molecular weight is 311 g/mol. The molecule has 114 valence electrons. The Morgan fingerprint density at radius 1 is 1.38 bits per heavy atom. The van der Waals surface area contributed by atoms with Gasteiger partial charge >= 0.3 is 0 Å². The second-order valence-corrected chi connectivity index (χ2v) is 5.96. The Kier molecular flexibility index (Phi) is 5.20. The van der Waals surface area contributed by atoms with Gasteiger partial charge in [0.25, 0.3) is 5.91 Å². The molecule has 21 heavy (non-hydrogen) atoms. The van der Waals surface area contributed by atoms with Crippen molar-refractivity contribution in [2.45, 2.75) is 19.8 Å². The zero-order valence-corrected chi connectivity index (χ0v) is 12.7. The lowest BCUT2D eigenvalue weighted by molar-refractivity contribution is -0.897. The molecule has 1 aliphatic heterocycles. The highest BCUT2D eigenvalue weighted by Crippen LogP contribution is 2.19. The molecule has 1 saturated heterocycles. The number of aliphatic carboxylic acids is 1. The van der Waals surface area contributed by atoms with Gasteiger partial charge in [-0.2, -0.15) is 0 Å². The summed E-state index contributed by atoms with van der Waals surface area (Å²) in [5, 5.41) is 14.3. The molecule has 1 fully saturated rings. The SMILES string of the molecule is Cc1cc(Cl)ccc1NC(=O)C[NH+]1CCC(C(=O)[O-])CC1. The molecule has 0 spiro atoms. The Morgan fingerprint density at radius 3 is 2.62 bits per heavy atom. The van der Waals surface area contributed by atoms with E-state index in [9.17, 15) is 14.7 Å². The van der Waals surface area contributed by atoms with Gasteiger partial charge in [-0.3, -0.25) is 4.79 Å². The van der Waals surface area contributed by atoms with Gasteiger partial charge in [0, 0.05) is 35.4 Å². The number of aryl methyl sites for hydroxylation is 1. The summed E-state index contributed by atoms with van der Waals surface area (Å²) in [7, 11) is 0. The van der Waals surface area contributed by atoms with Gasteiger partial charge in [0.15, 0.2) is 6.54 Å². The largest absolute Gasteiger partial charge is 0.550 e. The number of anilines is 1. The Bertz CT molecular complexity index is 540. The van der Waals surface area contributed by atoms with Crippen LogP contribution < -0.4 is 15.3 Å². The van der Waals surface area contributed by atoms with Gasteiger partial charge in [-0.05, 0) is 30.7 Å². The second-order valence-electron chi connectivity index (χ2n) is 5.53. The Labute approximate surface area is 128 Å². The van der Waals surface area contributed by atoms with Gasteiger partial charge in [-0.1, -0.05) is 11.6 Å². The summed E-state index contributed by atoms with van der Waals surface area (Å²) in [6, 6.07) is 5.32. The molecule has 0 aliphatic carbocycles. The van der Waals surface area contributed by atoms with E-state index in [4.69, 9.17) is 11.6 Å². The topological polar surface area (TPSA) is 73.7 Å². The summed E-state index contributed by atoms with van der Waals surface area (Å²) in [4.78, 5) is 23.9. The summed E-state index contributed by atoms with van der Waals surface area (Å²) in [6.45, 7) is 3.61. The zero-order chi connectivity index (χ0) is 15.4. The third-order valence-electron chi connectivity index (χ3n) is 3.90. The van der Waals surface area contributed by atoms with Crippen molar-refractivity contribution in [3.8, 4) is 0 Å². The van der Waals surface area contributed by atoms with Crippen molar-refractivity contribution >= 4 is 29.2 Å². The first kappa shape index (κ1) is 15.8. The van der Waals surface area contributed by atoms with Crippen molar-refractivity contribution in [3.05, 3.63) is 28.8 Å². The number of likely N-dealkylation sites (tertiary alicyclic amines) is 1. The minimum absolute atomic E-state index is 0.0673. The van der Waals surface area contributed by atoms with Crippen LogP contribution in [0.1, 0.15) is 18.4 Å². The lowest BCUT2D eigenvalue weighted by atomic mass is 9.97. The molecule has 2 N–H and O–H groups in total. The van der Waals surface area contributed by atoms with E-state index in [2.05, 4.69) is 5.32 Å². The number of rotatable bonds is 4. The van der Waals surface area contributed by atoms with Crippen LogP contribution in [0, 0.1) is 12.8 Å². The molecule has 1 aromatic rings. The zero-order valence-electron chi connectivity index (χ0n) is 11.9. The molecule has 1 aromatic carbocycles. The highest BCUT2D eigenvalue weighted by Gasteiger charge is 2.24. The van der Waals surface area contributed by atoms with Crippen LogP contribution in [-0.4, -0.2) is 31.5 Å². The number of nitrogens with one attached hydrogen (secondary N) is 2. The van der Waals surface area contributed by atoms with Crippen LogP contribution in [0.5, 0.6) is 0 Å². The quantitative estimate of drug-likeness (QED) is 0.797. The summed E-state index contributed by atoms with van der Waals surface area (Å²) in [5.74, 6) is -1.41. The van der Waals surface area contributed by atoms with Crippen LogP contribution >= 0.6 is 11.6 Å². The van der Waals surface area contributed by atoms with Crippen molar-refractivity contribution in [2.24, 2.45) is 5.92 Å². The number of benzene rings is 1. The van der Waals surface area contributed by atoms with Crippen LogP contribution in [0.3, 0.4) is 0 Å². The van der Waals surface area contributed by atoms with E-state index in [1.54, 1.807) is 18.2 Å². The molecule has 0 atom stereocenters. The number of carbonyl (C=O) groups excluding carboxylic acids is 2. The Hall–Kier alpha value is -1.59. The van der Waals surface area contributed by atoms with E-state index >= 15 is 0 Å². The maximum absolute atomic E-state index is 12.0. The Morgan fingerprint density at radius 2 is 2.05 bits per heavy atom. The molecular weight excluding hydrogens is 292 g/mol. The third kappa shape index (κ3) is 4.44. The average Bonchev–Trinajstić information content (AvgIpc) is 2.42. The molecular formula is C15H19ClN2O3. The number of halogens is 1. The summed E-state index contributed by atoms with van der Waals surface area (Å²) >= 11 is 5.88. The molecule has 5 nitrogen and oxygen atoms in total. The fourth-order valence-electron chi connectivity index (χ4n) is 2.63. The van der Waals surface area contributed by atoms with Crippen molar-refractivity contribution in [2.75, 3.05) is 25.0 Å². The molecule has 1 amide bonds. The van der Waals surface area contributed by atoms with Crippen LogP contribution in [0.2, 0.25) is 5.02 Å². The lowest BCUT2D eigenvalue weighted by Gasteiger charge is -2.29. The second kappa shape index (κ2) is 6.91.